The summed E-state index contributed by atoms with van der Waals surface area (Å²) in [5, 5.41) is 16.7. The van der Waals surface area contributed by atoms with E-state index in [0.29, 0.717) is 23.5 Å². The van der Waals surface area contributed by atoms with Crippen molar-refractivity contribution in [2.75, 3.05) is 13.2 Å². The van der Waals surface area contributed by atoms with Gasteiger partial charge < -0.3 is 15.4 Å². The van der Waals surface area contributed by atoms with Gasteiger partial charge in [-0.2, -0.15) is 5.26 Å². The highest BCUT2D eigenvalue weighted by molar-refractivity contribution is 14.0. The molecule has 5 atom stereocenters. The molecule has 1 aliphatic heterocycles. The average Bonchev–Trinajstić information content (AvgIpc) is 3.31. The van der Waals surface area contributed by atoms with Crippen molar-refractivity contribution >= 4 is 29.9 Å². The summed E-state index contributed by atoms with van der Waals surface area (Å²) in [4.78, 5) is 4.69. The Kier molecular flexibility index (Phi) is 6.15. The van der Waals surface area contributed by atoms with Crippen molar-refractivity contribution in [3.8, 4) is 6.07 Å². The predicted molar refractivity (Wildman–Crippen MR) is 109 cm³/mol. The Morgan fingerprint density at radius 1 is 1.20 bits per heavy atom. The van der Waals surface area contributed by atoms with Crippen molar-refractivity contribution in [3.63, 3.8) is 0 Å². The number of aliphatic imine (C=N–C) groups is 1. The molecule has 3 aliphatic carbocycles. The molecule has 0 aromatic heterocycles. The summed E-state index contributed by atoms with van der Waals surface area (Å²) < 4.78 is 6.09. The third-order valence-electron chi connectivity index (χ3n) is 6.90. The quantitative estimate of drug-likeness (QED) is 0.387. The second-order valence-corrected chi connectivity index (χ2v) is 8.05. The van der Waals surface area contributed by atoms with E-state index in [9.17, 15) is 5.26 Å². The van der Waals surface area contributed by atoms with E-state index in [1.807, 2.05) is 0 Å². The number of nitrogens with zero attached hydrogens (tertiary/aromatic N) is 2. The van der Waals surface area contributed by atoms with Crippen LogP contribution in [0.25, 0.3) is 0 Å². The molecule has 1 saturated heterocycles. The van der Waals surface area contributed by atoms with Crippen LogP contribution >= 0.6 is 24.0 Å². The standard InChI is InChI=1S/C19H30N4O.HI/c1-2-21-18(22-15-7-5-6-13(15)12-20)23-16-14-8-11-24-17(14)19(16)9-3-4-10-19;/h13-17H,2-11H2,1H3,(H2,21,22,23);1H. The molecule has 0 radical (unpaired) electrons. The summed E-state index contributed by atoms with van der Waals surface area (Å²) in [6.07, 6.45) is 10.1. The fraction of sp³-hybridized carbons (Fsp3) is 0.895. The number of hydrogen-bond acceptors (Lipinski definition) is 3. The molecular weight excluding hydrogens is 427 g/mol. The molecule has 6 heteroatoms. The monoisotopic (exact) mass is 458 g/mol. The largest absolute Gasteiger partial charge is 0.377 e. The van der Waals surface area contributed by atoms with E-state index in [0.717, 1.165) is 38.4 Å². The van der Waals surface area contributed by atoms with Crippen LogP contribution in [-0.4, -0.2) is 37.3 Å². The number of rotatable bonds is 3. The number of ether oxygens (including phenoxy) is 1. The zero-order chi connectivity index (χ0) is 16.6. The van der Waals surface area contributed by atoms with Gasteiger partial charge in [0, 0.05) is 36.6 Å². The van der Waals surface area contributed by atoms with Gasteiger partial charge >= 0.3 is 0 Å². The summed E-state index contributed by atoms with van der Waals surface area (Å²) in [6.45, 7) is 3.76. The number of guanidine groups is 1. The van der Waals surface area contributed by atoms with Crippen LogP contribution in [0.4, 0.5) is 0 Å². The van der Waals surface area contributed by atoms with Gasteiger partial charge in [-0.1, -0.05) is 12.8 Å². The van der Waals surface area contributed by atoms with Gasteiger partial charge in [-0.15, -0.1) is 24.0 Å². The third-order valence-corrected chi connectivity index (χ3v) is 6.90. The molecule has 4 aliphatic rings. The zero-order valence-electron chi connectivity index (χ0n) is 15.2. The summed E-state index contributed by atoms with van der Waals surface area (Å²) in [5.41, 5.74) is 0.335. The van der Waals surface area contributed by atoms with Crippen LogP contribution in [0.1, 0.15) is 58.3 Å². The van der Waals surface area contributed by atoms with Crippen molar-refractivity contribution < 1.29 is 4.74 Å². The van der Waals surface area contributed by atoms with Gasteiger partial charge in [0.05, 0.1) is 18.1 Å². The maximum atomic E-state index is 9.34. The second-order valence-electron chi connectivity index (χ2n) is 8.05. The van der Waals surface area contributed by atoms with E-state index in [-0.39, 0.29) is 35.9 Å². The Hall–Kier alpha value is -0.550. The van der Waals surface area contributed by atoms with Gasteiger partial charge in [0.2, 0.25) is 0 Å². The van der Waals surface area contributed by atoms with Gasteiger partial charge in [0.1, 0.15) is 0 Å². The van der Waals surface area contributed by atoms with Crippen LogP contribution in [-0.2, 0) is 4.74 Å². The second kappa shape index (κ2) is 7.99. The Morgan fingerprint density at radius 3 is 2.72 bits per heavy atom. The van der Waals surface area contributed by atoms with E-state index in [4.69, 9.17) is 9.73 Å². The SMILES string of the molecule is CCN=C(NC1CCCC1C#N)NC1C2CCOC2C12CCCC2.I. The molecule has 0 bridgehead atoms. The molecule has 4 fully saturated rings. The van der Waals surface area contributed by atoms with Crippen LogP contribution in [0.15, 0.2) is 4.99 Å². The van der Waals surface area contributed by atoms with Crippen molar-refractivity contribution in [3.05, 3.63) is 0 Å². The van der Waals surface area contributed by atoms with Gasteiger partial charge in [-0.25, -0.2) is 0 Å². The summed E-state index contributed by atoms with van der Waals surface area (Å²) >= 11 is 0. The molecule has 0 aromatic rings. The molecule has 5 unspecified atom stereocenters. The van der Waals surface area contributed by atoms with Gasteiger partial charge in [-0.3, -0.25) is 4.99 Å². The Morgan fingerprint density at radius 2 is 2.00 bits per heavy atom. The number of halogens is 1. The first-order valence-corrected chi connectivity index (χ1v) is 9.87. The first-order valence-electron chi connectivity index (χ1n) is 9.87. The first-order chi connectivity index (χ1) is 11.8. The summed E-state index contributed by atoms with van der Waals surface area (Å²) in [6, 6.07) is 3.21. The van der Waals surface area contributed by atoms with Crippen molar-refractivity contribution in [2.24, 2.45) is 22.2 Å². The van der Waals surface area contributed by atoms with E-state index in [1.165, 1.54) is 32.1 Å². The first kappa shape index (κ1) is 19.2. The lowest BCUT2D eigenvalue weighted by atomic mass is 9.54. The highest BCUT2D eigenvalue weighted by Crippen LogP contribution is 2.60. The topological polar surface area (TPSA) is 69.4 Å². The van der Waals surface area contributed by atoms with Crippen LogP contribution in [0.5, 0.6) is 0 Å². The number of nitriles is 1. The van der Waals surface area contributed by atoms with Crippen LogP contribution in [0.2, 0.25) is 0 Å². The molecule has 0 amide bonds. The highest BCUT2D eigenvalue weighted by Gasteiger charge is 2.65. The van der Waals surface area contributed by atoms with Crippen LogP contribution in [0.3, 0.4) is 0 Å². The maximum Gasteiger partial charge on any atom is 0.191 e. The number of fused-ring (bicyclic) bond motifs is 2. The van der Waals surface area contributed by atoms with Gasteiger partial charge in [0.25, 0.3) is 0 Å². The Labute approximate surface area is 168 Å². The molecule has 5 nitrogen and oxygen atoms in total. The van der Waals surface area contributed by atoms with E-state index >= 15 is 0 Å². The normalized spacial score (nSPS) is 38.6. The smallest absolute Gasteiger partial charge is 0.191 e. The molecule has 1 spiro atoms. The Bertz CT molecular complexity index is 540. The predicted octanol–water partition coefficient (Wildman–Crippen LogP) is 3.20. The molecule has 140 valence electrons. The lowest BCUT2D eigenvalue weighted by Gasteiger charge is -2.57. The zero-order valence-corrected chi connectivity index (χ0v) is 17.5. The van der Waals surface area contributed by atoms with Crippen LogP contribution < -0.4 is 10.6 Å². The summed E-state index contributed by atoms with van der Waals surface area (Å²) in [7, 11) is 0. The molecule has 3 saturated carbocycles. The van der Waals surface area contributed by atoms with E-state index < -0.39 is 0 Å². The van der Waals surface area contributed by atoms with E-state index in [1.54, 1.807) is 0 Å². The fourth-order valence-electron chi connectivity index (χ4n) is 5.81. The molecule has 2 N–H and O–H groups in total. The third kappa shape index (κ3) is 3.27. The molecule has 4 rings (SSSR count). The fourth-order valence-corrected chi connectivity index (χ4v) is 5.81. The minimum Gasteiger partial charge on any atom is -0.377 e. The molecule has 1 heterocycles. The Balaban J connectivity index is 0.00000182. The van der Waals surface area contributed by atoms with E-state index in [2.05, 4.69) is 23.6 Å². The maximum absolute atomic E-state index is 9.34. The molecule has 25 heavy (non-hydrogen) atoms. The van der Waals surface area contributed by atoms with Gasteiger partial charge in [0.15, 0.2) is 5.96 Å². The van der Waals surface area contributed by atoms with Crippen molar-refractivity contribution in [1.82, 2.24) is 10.6 Å². The minimum atomic E-state index is 0. The lowest BCUT2D eigenvalue weighted by molar-refractivity contribution is -0.125. The minimum absolute atomic E-state index is 0. The van der Waals surface area contributed by atoms with Crippen LogP contribution in [0, 0.1) is 28.6 Å². The summed E-state index contributed by atoms with van der Waals surface area (Å²) in [5.74, 6) is 1.69. The highest BCUT2D eigenvalue weighted by atomic mass is 127. The average molecular weight is 458 g/mol. The number of nitrogens with one attached hydrogen (secondary N) is 2. The van der Waals surface area contributed by atoms with Crippen molar-refractivity contribution in [2.45, 2.75) is 76.5 Å². The lowest BCUT2D eigenvalue weighted by Crippen LogP contribution is -2.69. The number of hydrogen-bond donors (Lipinski definition) is 2. The van der Waals surface area contributed by atoms with Crippen molar-refractivity contribution in [1.29, 1.82) is 5.26 Å². The van der Waals surface area contributed by atoms with Gasteiger partial charge in [-0.05, 0) is 45.4 Å². The molecular formula is C19H31IN4O. The molecule has 0 aromatic carbocycles.